The van der Waals surface area contributed by atoms with Crippen molar-refractivity contribution in [1.29, 1.82) is 0 Å². The van der Waals surface area contributed by atoms with Crippen LogP contribution in [0.1, 0.15) is 18.6 Å². The Morgan fingerprint density at radius 1 is 1.18 bits per heavy atom. The van der Waals surface area contributed by atoms with Crippen molar-refractivity contribution in [1.82, 2.24) is 4.90 Å². The van der Waals surface area contributed by atoms with Crippen LogP contribution in [0.2, 0.25) is 0 Å². The third-order valence-corrected chi connectivity index (χ3v) is 6.01. The summed E-state index contributed by atoms with van der Waals surface area (Å²) in [6.07, 6.45) is -13.1. The first-order chi connectivity index (χ1) is 13.1. The molecule has 0 bridgehead atoms. The van der Waals surface area contributed by atoms with Crippen LogP contribution in [0.4, 0.5) is 13.2 Å². The summed E-state index contributed by atoms with van der Waals surface area (Å²) in [6, 6.07) is 7.63. The highest BCUT2D eigenvalue weighted by atomic mass is 32.2. The third-order valence-electron chi connectivity index (χ3n) is 4.71. The van der Waals surface area contributed by atoms with Gasteiger partial charge in [0.25, 0.3) is 0 Å². The molecule has 156 valence electrons. The Hall–Kier alpha value is -1.33. The summed E-state index contributed by atoms with van der Waals surface area (Å²) in [4.78, 5) is 5.93. The van der Waals surface area contributed by atoms with Crippen LogP contribution in [0.5, 0.6) is 0 Å². The minimum atomic E-state index is -4.80. The molecule has 1 unspecified atom stereocenters. The van der Waals surface area contributed by atoms with E-state index in [4.69, 9.17) is 9.47 Å². The average molecular weight is 420 g/mol. The summed E-state index contributed by atoms with van der Waals surface area (Å²) in [5, 5.41) is 21.3. The summed E-state index contributed by atoms with van der Waals surface area (Å²) in [5.74, 6) is 0. The molecule has 2 aliphatic heterocycles. The molecule has 2 heterocycles. The Bertz CT molecular complexity index is 704. The fraction of sp³-hybridized carbons (Fsp3) is 0.611. The van der Waals surface area contributed by atoms with Crippen molar-refractivity contribution in [3.63, 3.8) is 0 Å². The zero-order valence-corrected chi connectivity index (χ0v) is 16.4. The SMILES string of the molecule is C[C@H](O[C@H](C1O[C@@H]2SC(N(C)C)=N[C@@H]2[C@@H](O)[C@@H]1O)C(F)(F)F)c1ccccc1. The van der Waals surface area contributed by atoms with Gasteiger partial charge in [0.1, 0.15) is 29.8 Å². The molecule has 0 saturated carbocycles. The lowest BCUT2D eigenvalue weighted by Crippen LogP contribution is -2.61. The number of fused-ring (bicyclic) bond motifs is 1. The molecule has 2 N–H and O–H groups in total. The first kappa shape index (κ1) is 21.4. The number of aliphatic hydroxyl groups excluding tert-OH is 2. The quantitative estimate of drug-likeness (QED) is 0.778. The lowest BCUT2D eigenvalue weighted by molar-refractivity contribution is -0.293. The van der Waals surface area contributed by atoms with Gasteiger partial charge in [0.05, 0.1) is 6.10 Å². The molecular weight excluding hydrogens is 397 g/mol. The molecule has 0 spiro atoms. The molecule has 1 fully saturated rings. The first-order valence-electron chi connectivity index (χ1n) is 8.80. The van der Waals surface area contributed by atoms with Crippen molar-refractivity contribution in [2.75, 3.05) is 14.1 Å². The topological polar surface area (TPSA) is 74.5 Å². The zero-order valence-electron chi connectivity index (χ0n) is 15.6. The highest BCUT2D eigenvalue weighted by molar-refractivity contribution is 8.14. The fourth-order valence-corrected chi connectivity index (χ4v) is 4.35. The van der Waals surface area contributed by atoms with Crippen LogP contribution in [0.15, 0.2) is 35.3 Å². The van der Waals surface area contributed by atoms with Gasteiger partial charge < -0.3 is 24.6 Å². The number of hydrogen-bond acceptors (Lipinski definition) is 7. The molecule has 7 atom stereocenters. The van der Waals surface area contributed by atoms with Gasteiger partial charge in [-0.25, -0.2) is 0 Å². The second kappa shape index (κ2) is 8.19. The molecule has 1 aromatic carbocycles. The molecule has 1 saturated heterocycles. The van der Waals surface area contributed by atoms with Gasteiger partial charge in [-0.3, -0.25) is 4.99 Å². The van der Waals surface area contributed by atoms with Gasteiger partial charge in [-0.15, -0.1) is 0 Å². The predicted octanol–water partition coefficient (Wildman–Crippen LogP) is 2.17. The van der Waals surface area contributed by atoms with E-state index >= 15 is 0 Å². The predicted molar refractivity (Wildman–Crippen MR) is 99.0 cm³/mol. The maximum Gasteiger partial charge on any atom is 0.417 e. The van der Waals surface area contributed by atoms with E-state index in [2.05, 4.69) is 4.99 Å². The molecule has 1 aromatic rings. The van der Waals surface area contributed by atoms with E-state index in [-0.39, 0.29) is 0 Å². The van der Waals surface area contributed by atoms with Crippen LogP contribution in [-0.2, 0) is 9.47 Å². The van der Waals surface area contributed by atoms with Gasteiger partial charge in [0, 0.05) is 14.1 Å². The van der Waals surface area contributed by atoms with E-state index in [1.807, 2.05) is 0 Å². The highest BCUT2D eigenvalue weighted by Gasteiger charge is 2.57. The minimum Gasteiger partial charge on any atom is -0.388 e. The van der Waals surface area contributed by atoms with Gasteiger partial charge in [0.2, 0.25) is 0 Å². The summed E-state index contributed by atoms with van der Waals surface area (Å²) in [7, 11) is 3.46. The second-order valence-corrected chi connectivity index (χ2v) is 8.08. The van der Waals surface area contributed by atoms with E-state index in [0.717, 1.165) is 11.8 Å². The Kier molecular flexibility index (Phi) is 6.26. The van der Waals surface area contributed by atoms with Gasteiger partial charge in [0.15, 0.2) is 11.3 Å². The number of thioether (sulfide) groups is 1. The van der Waals surface area contributed by atoms with Crippen molar-refractivity contribution in [2.24, 2.45) is 4.99 Å². The maximum atomic E-state index is 13.8. The highest BCUT2D eigenvalue weighted by Crippen LogP contribution is 2.41. The number of benzene rings is 1. The number of nitrogens with zero attached hydrogens (tertiary/aromatic N) is 2. The van der Waals surface area contributed by atoms with Crippen LogP contribution in [-0.4, -0.2) is 76.4 Å². The van der Waals surface area contributed by atoms with Gasteiger partial charge >= 0.3 is 6.18 Å². The van der Waals surface area contributed by atoms with Crippen molar-refractivity contribution in [3.8, 4) is 0 Å². The van der Waals surface area contributed by atoms with Crippen LogP contribution in [0.3, 0.4) is 0 Å². The Labute approximate surface area is 165 Å². The smallest absolute Gasteiger partial charge is 0.388 e. The van der Waals surface area contributed by atoms with Crippen LogP contribution in [0, 0.1) is 0 Å². The molecule has 3 rings (SSSR count). The van der Waals surface area contributed by atoms with Crippen LogP contribution in [0.25, 0.3) is 0 Å². The Balaban J connectivity index is 1.81. The van der Waals surface area contributed by atoms with Gasteiger partial charge in [-0.05, 0) is 12.5 Å². The average Bonchev–Trinajstić information content (AvgIpc) is 3.07. The van der Waals surface area contributed by atoms with E-state index in [9.17, 15) is 23.4 Å². The van der Waals surface area contributed by atoms with E-state index in [1.165, 1.54) is 6.92 Å². The summed E-state index contributed by atoms with van der Waals surface area (Å²) in [6.45, 7) is 1.50. The van der Waals surface area contributed by atoms with Crippen LogP contribution < -0.4 is 0 Å². The molecule has 0 amide bonds. The van der Waals surface area contributed by atoms with Crippen LogP contribution >= 0.6 is 11.8 Å². The number of ether oxygens (including phenoxy) is 2. The second-order valence-electron chi connectivity index (χ2n) is 7.02. The maximum absolute atomic E-state index is 13.8. The number of amidine groups is 1. The molecule has 28 heavy (non-hydrogen) atoms. The molecule has 0 aliphatic carbocycles. The number of halogens is 3. The van der Waals surface area contributed by atoms with Gasteiger partial charge in [-0.1, -0.05) is 42.1 Å². The molecule has 10 heteroatoms. The standard InChI is InChI=1S/C18H23F3N2O4S/c1-9(10-7-5-4-6-8-10)26-15(18(19,20)21)14-13(25)12(24)11-16(27-14)28-17(22-11)23(2)3/h4-9,11-16,24-25H,1-3H3/t9-,11+,12+,13-,14?,15+,16+/m0/s1. The summed E-state index contributed by atoms with van der Waals surface area (Å²) < 4.78 is 52.2. The Morgan fingerprint density at radius 3 is 2.39 bits per heavy atom. The van der Waals surface area contributed by atoms with Crippen molar-refractivity contribution >= 4 is 16.9 Å². The molecular formula is C18H23F3N2O4S. The van der Waals surface area contributed by atoms with Crippen molar-refractivity contribution < 1.29 is 32.9 Å². The molecule has 0 aromatic heterocycles. The van der Waals surface area contributed by atoms with E-state index < -0.39 is 48.2 Å². The largest absolute Gasteiger partial charge is 0.417 e. The zero-order chi connectivity index (χ0) is 20.6. The summed E-state index contributed by atoms with van der Waals surface area (Å²) in [5.41, 5.74) is -0.268. The first-order valence-corrected chi connectivity index (χ1v) is 9.68. The minimum absolute atomic E-state index is 0.518. The third kappa shape index (κ3) is 4.30. The monoisotopic (exact) mass is 420 g/mol. The normalized spacial score (nSPS) is 32.4. The van der Waals surface area contributed by atoms with Crippen molar-refractivity contribution in [3.05, 3.63) is 35.9 Å². The molecule has 0 radical (unpaired) electrons. The van der Waals surface area contributed by atoms with Gasteiger partial charge in [-0.2, -0.15) is 13.2 Å². The Morgan fingerprint density at radius 2 is 1.82 bits per heavy atom. The lowest BCUT2D eigenvalue weighted by atomic mass is 9.94. The van der Waals surface area contributed by atoms with E-state index in [0.29, 0.717) is 10.7 Å². The number of aliphatic imine (C=N–C) groups is 1. The number of aliphatic hydroxyl groups is 2. The fourth-order valence-electron chi connectivity index (χ4n) is 3.20. The number of hydrogen-bond donors (Lipinski definition) is 2. The summed E-state index contributed by atoms with van der Waals surface area (Å²) >= 11 is 1.12. The number of rotatable bonds is 4. The number of alkyl halides is 3. The lowest BCUT2D eigenvalue weighted by Gasteiger charge is -2.42. The molecule has 2 aliphatic rings. The molecule has 6 nitrogen and oxygen atoms in total. The van der Waals surface area contributed by atoms with E-state index in [1.54, 1.807) is 49.3 Å². The van der Waals surface area contributed by atoms with Crippen molar-refractivity contribution in [2.45, 2.75) is 55.1 Å².